The molecule has 1 saturated carbocycles. The smallest absolute Gasteiger partial charge is 0.0870 e. The monoisotopic (exact) mass is 228 g/mol. The van der Waals surface area contributed by atoms with Gasteiger partial charge in [0.1, 0.15) is 0 Å². The fourth-order valence-electron chi connectivity index (χ4n) is 2.62. The van der Waals surface area contributed by atoms with E-state index in [1.165, 1.54) is 32.1 Å². The zero-order valence-electron chi connectivity index (χ0n) is 10.0. The summed E-state index contributed by atoms with van der Waals surface area (Å²) in [6.07, 6.45) is 6.77. The minimum absolute atomic E-state index is 0.634. The lowest BCUT2D eigenvalue weighted by atomic mass is 9.84. The van der Waals surface area contributed by atoms with E-state index in [9.17, 15) is 0 Å². The van der Waals surface area contributed by atoms with Gasteiger partial charge in [-0.1, -0.05) is 32.5 Å². The molecule has 1 fully saturated rings. The molecule has 1 aliphatic rings. The van der Waals surface area contributed by atoms with Crippen molar-refractivity contribution in [3.63, 3.8) is 0 Å². The van der Waals surface area contributed by atoms with Crippen LogP contribution >= 0.6 is 12.2 Å². The molecule has 0 saturated heterocycles. The van der Waals surface area contributed by atoms with Crippen LogP contribution in [0.15, 0.2) is 0 Å². The molecular formula is C12H24N2S. The average Bonchev–Trinajstić information content (AvgIpc) is 2.26. The summed E-state index contributed by atoms with van der Waals surface area (Å²) in [4.78, 5) is 3.07. The first-order valence-corrected chi connectivity index (χ1v) is 6.60. The highest BCUT2D eigenvalue weighted by Gasteiger charge is 2.24. The summed E-state index contributed by atoms with van der Waals surface area (Å²) in [7, 11) is 0. The first-order chi connectivity index (χ1) is 7.17. The van der Waals surface area contributed by atoms with Gasteiger partial charge in [-0.25, -0.2) is 0 Å². The second-order valence-corrected chi connectivity index (χ2v) is 5.14. The highest BCUT2D eigenvalue weighted by Crippen LogP contribution is 2.29. The molecule has 0 aliphatic heterocycles. The zero-order valence-corrected chi connectivity index (χ0v) is 10.9. The van der Waals surface area contributed by atoms with E-state index in [-0.39, 0.29) is 0 Å². The summed E-state index contributed by atoms with van der Waals surface area (Å²) in [5, 5.41) is 0. The predicted octanol–water partition coefficient (Wildman–Crippen LogP) is 2.56. The van der Waals surface area contributed by atoms with Gasteiger partial charge in [0.05, 0.1) is 4.99 Å². The highest BCUT2D eigenvalue weighted by molar-refractivity contribution is 7.80. The van der Waals surface area contributed by atoms with E-state index in [4.69, 9.17) is 18.0 Å². The van der Waals surface area contributed by atoms with Crippen molar-refractivity contribution < 1.29 is 0 Å². The van der Waals surface area contributed by atoms with Crippen LogP contribution in [0, 0.1) is 5.92 Å². The van der Waals surface area contributed by atoms with Gasteiger partial charge in [0.2, 0.25) is 0 Å². The van der Waals surface area contributed by atoms with E-state index in [1.54, 1.807) is 0 Å². The van der Waals surface area contributed by atoms with Crippen molar-refractivity contribution in [2.75, 3.05) is 13.1 Å². The van der Waals surface area contributed by atoms with Gasteiger partial charge in [0.15, 0.2) is 0 Å². The van der Waals surface area contributed by atoms with Crippen molar-refractivity contribution in [3.05, 3.63) is 0 Å². The van der Waals surface area contributed by atoms with Crippen molar-refractivity contribution in [2.24, 2.45) is 11.7 Å². The van der Waals surface area contributed by atoms with Crippen LogP contribution in [-0.2, 0) is 0 Å². The summed E-state index contributed by atoms with van der Waals surface area (Å²) in [6, 6.07) is 0.722. The maximum atomic E-state index is 5.62. The molecule has 0 heterocycles. The Morgan fingerprint density at radius 1 is 1.27 bits per heavy atom. The first kappa shape index (κ1) is 12.9. The Morgan fingerprint density at radius 3 is 2.27 bits per heavy atom. The van der Waals surface area contributed by atoms with Gasteiger partial charge >= 0.3 is 0 Å². The number of hydrogen-bond donors (Lipinski definition) is 1. The maximum Gasteiger partial charge on any atom is 0.0870 e. The van der Waals surface area contributed by atoms with Crippen LogP contribution in [0.4, 0.5) is 0 Å². The zero-order chi connectivity index (χ0) is 11.3. The Labute approximate surface area is 99.2 Å². The molecular weight excluding hydrogens is 204 g/mol. The lowest BCUT2D eigenvalue weighted by Gasteiger charge is -2.35. The second kappa shape index (κ2) is 6.44. The third kappa shape index (κ3) is 4.07. The van der Waals surface area contributed by atoms with Gasteiger partial charge in [-0.3, -0.25) is 4.90 Å². The number of nitrogens with two attached hydrogens (primary N) is 1. The average molecular weight is 228 g/mol. The summed E-state index contributed by atoms with van der Waals surface area (Å²) in [5.74, 6) is 0.963. The standard InChI is InChI=1S/C12H24N2S/c1-3-10-5-7-11(8-6-10)14(4-2)9-12(13)15/h10-11H,3-9H2,1-2H3,(H2,13,15). The molecule has 0 radical (unpaired) electrons. The molecule has 0 bridgehead atoms. The van der Waals surface area contributed by atoms with Gasteiger partial charge in [0.25, 0.3) is 0 Å². The van der Waals surface area contributed by atoms with Gasteiger partial charge in [-0.15, -0.1) is 0 Å². The molecule has 1 aliphatic carbocycles. The molecule has 3 heteroatoms. The highest BCUT2D eigenvalue weighted by atomic mass is 32.1. The van der Waals surface area contributed by atoms with E-state index in [0.29, 0.717) is 4.99 Å². The quantitative estimate of drug-likeness (QED) is 0.733. The molecule has 0 spiro atoms. The van der Waals surface area contributed by atoms with E-state index < -0.39 is 0 Å². The lowest BCUT2D eigenvalue weighted by Crippen LogP contribution is -2.42. The van der Waals surface area contributed by atoms with Crippen molar-refractivity contribution >= 4 is 17.2 Å². The summed E-state index contributed by atoms with van der Waals surface area (Å²) in [5.41, 5.74) is 5.62. The Morgan fingerprint density at radius 2 is 1.87 bits per heavy atom. The van der Waals surface area contributed by atoms with Crippen LogP contribution in [-0.4, -0.2) is 29.0 Å². The normalized spacial score (nSPS) is 26.9. The number of thiocarbonyl (C=S) groups is 1. The largest absolute Gasteiger partial charge is 0.392 e. The van der Waals surface area contributed by atoms with Crippen molar-refractivity contribution in [3.8, 4) is 0 Å². The molecule has 0 atom stereocenters. The van der Waals surface area contributed by atoms with E-state index in [2.05, 4.69) is 18.7 Å². The third-order valence-electron chi connectivity index (χ3n) is 3.68. The summed E-state index contributed by atoms with van der Waals surface area (Å²) in [6.45, 7) is 6.37. The second-order valence-electron chi connectivity index (χ2n) is 4.61. The SMILES string of the molecule is CCC1CCC(N(CC)CC(N)=S)CC1. The van der Waals surface area contributed by atoms with Crippen LogP contribution < -0.4 is 5.73 Å². The summed E-state index contributed by atoms with van der Waals surface area (Å²) >= 11 is 4.99. The van der Waals surface area contributed by atoms with Gasteiger partial charge in [-0.05, 0) is 38.1 Å². The van der Waals surface area contributed by atoms with Crippen LogP contribution in [0.25, 0.3) is 0 Å². The third-order valence-corrected chi connectivity index (χ3v) is 3.80. The lowest BCUT2D eigenvalue weighted by molar-refractivity contribution is 0.159. The molecule has 0 aromatic heterocycles. The molecule has 1 rings (SSSR count). The van der Waals surface area contributed by atoms with Gasteiger partial charge in [-0.2, -0.15) is 0 Å². The van der Waals surface area contributed by atoms with E-state index in [0.717, 1.165) is 25.0 Å². The molecule has 0 unspecified atom stereocenters. The van der Waals surface area contributed by atoms with Crippen LogP contribution in [0.1, 0.15) is 46.0 Å². The number of hydrogen-bond acceptors (Lipinski definition) is 2. The van der Waals surface area contributed by atoms with Gasteiger partial charge in [0, 0.05) is 12.6 Å². The Kier molecular flexibility index (Phi) is 5.54. The molecule has 0 aromatic rings. The first-order valence-electron chi connectivity index (χ1n) is 6.19. The molecule has 2 N–H and O–H groups in total. The minimum Gasteiger partial charge on any atom is -0.392 e. The predicted molar refractivity (Wildman–Crippen MR) is 70.1 cm³/mol. The number of likely N-dealkylation sites (N-methyl/N-ethyl adjacent to an activating group) is 1. The van der Waals surface area contributed by atoms with Crippen molar-refractivity contribution in [2.45, 2.75) is 52.0 Å². The molecule has 2 nitrogen and oxygen atoms in total. The molecule has 88 valence electrons. The fourth-order valence-corrected chi connectivity index (χ4v) is 2.78. The van der Waals surface area contributed by atoms with Crippen molar-refractivity contribution in [1.29, 1.82) is 0 Å². The minimum atomic E-state index is 0.634. The van der Waals surface area contributed by atoms with Crippen LogP contribution in [0.5, 0.6) is 0 Å². The Hall–Kier alpha value is -0.150. The van der Waals surface area contributed by atoms with Crippen molar-refractivity contribution in [1.82, 2.24) is 4.90 Å². The topological polar surface area (TPSA) is 29.3 Å². The van der Waals surface area contributed by atoms with Gasteiger partial charge < -0.3 is 5.73 Å². The maximum absolute atomic E-state index is 5.62. The molecule has 15 heavy (non-hydrogen) atoms. The number of rotatable bonds is 5. The van der Waals surface area contributed by atoms with E-state index >= 15 is 0 Å². The summed E-state index contributed by atoms with van der Waals surface area (Å²) < 4.78 is 0. The van der Waals surface area contributed by atoms with E-state index in [1.807, 2.05) is 0 Å². The Balaban J connectivity index is 2.39. The molecule has 0 amide bonds. The number of nitrogens with zero attached hydrogens (tertiary/aromatic N) is 1. The molecule has 0 aromatic carbocycles. The van der Waals surface area contributed by atoms with Crippen LogP contribution in [0.3, 0.4) is 0 Å². The fraction of sp³-hybridized carbons (Fsp3) is 0.917. The Bertz CT molecular complexity index is 198. The van der Waals surface area contributed by atoms with Crippen LogP contribution in [0.2, 0.25) is 0 Å².